The van der Waals surface area contributed by atoms with Gasteiger partial charge in [0.25, 0.3) is 5.91 Å². The summed E-state index contributed by atoms with van der Waals surface area (Å²) in [5.74, 6) is -0.504. The molecule has 0 aromatic heterocycles. The lowest BCUT2D eigenvalue weighted by Gasteiger charge is -2.08. The third-order valence-corrected chi connectivity index (χ3v) is 4.55. The third kappa shape index (κ3) is 4.74. The molecular weight excluding hydrogens is 411 g/mol. The molecule has 2 amide bonds. The van der Waals surface area contributed by atoms with Crippen molar-refractivity contribution in [1.29, 1.82) is 0 Å². The number of amides is 2. The van der Waals surface area contributed by atoms with Crippen molar-refractivity contribution in [1.82, 2.24) is 5.32 Å². The van der Waals surface area contributed by atoms with Crippen LogP contribution < -0.4 is 10.6 Å². The quantitative estimate of drug-likeness (QED) is 0.570. The van der Waals surface area contributed by atoms with Crippen LogP contribution in [0.3, 0.4) is 0 Å². The molecular formula is C16H15IN2O2S. The van der Waals surface area contributed by atoms with Gasteiger partial charge < -0.3 is 10.6 Å². The summed E-state index contributed by atoms with van der Waals surface area (Å²) in [6.45, 7) is -0.0622. The second-order valence-corrected chi connectivity index (χ2v) is 6.48. The van der Waals surface area contributed by atoms with Gasteiger partial charge in [0.1, 0.15) is 0 Å². The van der Waals surface area contributed by atoms with Gasteiger partial charge in [-0.2, -0.15) is 0 Å². The highest BCUT2D eigenvalue weighted by Crippen LogP contribution is 2.18. The standard InChI is InChI=1S/C16H15IN2O2S/c1-22-12-6-4-5-11(9-12)19-15(20)10-18-16(21)13-7-2-3-8-14(13)17/h2-9H,10H2,1H3,(H,18,21)(H,19,20). The fourth-order valence-electron chi connectivity index (χ4n) is 1.81. The van der Waals surface area contributed by atoms with Gasteiger partial charge in [0, 0.05) is 14.2 Å². The summed E-state index contributed by atoms with van der Waals surface area (Å²) in [7, 11) is 0. The van der Waals surface area contributed by atoms with Crippen LogP contribution >= 0.6 is 34.4 Å². The van der Waals surface area contributed by atoms with Crippen molar-refractivity contribution in [2.45, 2.75) is 4.90 Å². The maximum atomic E-state index is 12.0. The minimum absolute atomic E-state index is 0.0622. The number of hydrogen-bond donors (Lipinski definition) is 2. The Labute approximate surface area is 147 Å². The van der Waals surface area contributed by atoms with Crippen molar-refractivity contribution < 1.29 is 9.59 Å². The summed E-state index contributed by atoms with van der Waals surface area (Å²) in [4.78, 5) is 25.0. The molecule has 0 heterocycles. The molecule has 0 radical (unpaired) electrons. The molecule has 2 rings (SSSR count). The Bertz CT molecular complexity index is 691. The van der Waals surface area contributed by atoms with E-state index in [2.05, 4.69) is 33.2 Å². The van der Waals surface area contributed by atoms with Gasteiger partial charge in [0.15, 0.2) is 0 Å². The number of hydrogen-bond acceptors (Lipinski definition) is 3. The molecule has 0 fully saturated rings. The molecule has 2 aromatic rings. The van der Waals surface area contributed by atoms with Crippen LogP contribution in [0.15, 0.2) is 53.4 Å². The zero-order valence-electron chi connectivity index (χ0n) is 11.9. The summed E-state index contributed by atoms with van der Waals surface area (Å²) in [5, 5.41) is 5.40. The van der Waals surface area contributed by atoms with E-state index < -0.39 is 0 Å². The Morgan fingerprint density at radius 2 is 1.91 bits per heavy atom. The molecule has 2 aromatic carbocycles. The summed E-state index contributed by atoms with van der Waals surface area (Å²) in [6, 6.07) is 14.8. The molecule has 0 atom stereocenters. The molecule has 6 heteroatoms. The fraction of sp³-hybridized carbons (Fsp3) is 0.125. The molecule has 0 spiro atoms. The number of halogens is 1. The smallest absolute Gasteiger partial charge is 0.252 e. The number of benzene rings is 2. The topological polar surface area (TPSA) is 58.2 Å². The van der Waals surface area contributed by atoms with Crippen LogP contribution in [0.1, 0.15) is 10.4 Å². The van der Waals surface area contributed by atoms with E-state index >= 15 is 0 Å². The Kier molecular flexibility index (Phi) is 6.26. The lowest BCUT2D eigenvalue weighted by atomic mass is 10.2. The van der Waals surface area contributed by atoms with Crippen molar-refractivity contribution in [2.24, 2.45) is 0 Å². The van der Waals surface area contributed by atoms with Gasteiger partial charge in [-0.1, -0.05) is 18.2 Å². The lowest BCUT2D eigenvalue weighted by molar-refractivity contribution is -0.115. The van der Waals surface area contributed by atoms with Gasteiger partial charge in [-0.15, -0.1) is 11.8 Å². The molecule has 0 aliphatic heterocycles. The van der Waals surface area contributed by atoms with Crippen LogP contribution in [0.25, 0.3) is 0 Å². The van der Waals surface area contributed by atoms with Crippen molar-refractivity contribution in [3.05, 3.63) is 57.7 Å². The zero-order valence-corrected chi connectivity index (χ0v) is 14.9. The van der Waals surface area contributed by atoms with Crippen LogP contribution in [-0.2, 0) is 4.79 Å². The zero-order chi connectivity index (χ0) is 15.9. The molecule has 4 nitrogen and oxygen atoms in total. The van der Waals surface area contributed by atoms with Gasteiger partial charge in [-0.3, -0.25) is 9.59 Å². The van der Waals surface area contributed by atoms with Gasteiger partial charge in [0.05, 0.1) is 12.1 Å². The van der Waals surface area contributed by atoms with E-state index in [1.165, 1.54) is 0 Å². The summed E-state index contributed by atoms with van der Waals surface area (Å²) in [5.41, 5.74) is 1.29. The third-order valence-electron chi connectivity index (χ3n) is 2.88. The molecule has 0 saturated heterocycles. The highest BCUT2D eigenvalue weighted by atomic mass is 127. The van der Waals surface area contributed by atoms with Crippen LogP contribution in [0.5, 0.6) is 0 Å². The minimum Gasteiger partial charge on any atom is -0.343 e. The molecule has 2 N–H and O–H groups in total. The predicted octanol–water partition coefficient (Wildman–Crippen LogP) is 3.38. The van der Waals surface area contributed by atoms with E-state index in [4.69, 9.17) is 0 Å². The van der Waals surface area contributed by atoms with E-state index in [1.807, 2.05) is 42.7 Å². The maximum Gasteiger partial charge on any atom is 0.252 e. The van der Waals surface area contributed by atoms with Crippen molar-refractivity contribution in [3.63, 3.8) is 0 Å². The monoisotopic (exact) mass is 426 g/mol. The highest BCUT2D eigenvalue weighted by molar-refractivity contribution is 14.1. The number of nitrogens with one attached hydrogen (secondary N) is 2. The summed E-state index contributed by atoms with van der Waals surface area (Å²) in [6.07, 6.45) is 1.97. The van der Waals surface area contributed by atoms with Crippen LogP contribution in [-0.4, -0.2) is 24.6 Å². The normalized spacial score (nSPS) is 10.1. The molecule has 0 bridgehead atoms. The number of carbonyl (C=O) groups excluding carboxylic acids is 2. The SMILES string of the molecule is CSc1cccc(NC(=O)CNC(=O)c2ccccc2I)c1. The van der Waals surface area contributed by atoms with E-state index in [-0.39, 0.29) is 18.4 Å². The first-order valence-electron chi connectivity index (χ1n) is 6.57. The van der Waals surface area contributed by atoms with Gasteiger partial charge in [-0.05, 0) is 59.2 Å². The van der Waals surface area contributed by atoms with E-state index in [9.17, 15) is 9.59 Å². The summed E-state index contributed by atoms with van der Waals surface area (Å²) >= 11 is 3.70. The first-order valence-corrected chi connectivity index (χ1v) is 8.87. The predicted molar refractivity (Wildman–Crippen MR) is 98.3 cm³/mol. The molecule has 0 saturated carbocycles. The van der Waals surface area contributed by atoms with Crippen LogP contribution in [0, 0.1) is 3.57 Å². The largest absolute Gasteiger partial charge is 0.343 e. The average molecular weight is 426 g/mol. The number of rotatable bonds is 5. The average Bonchev–Trinajstić information content (AvgIpc) is 2.53. The number of thioether (sulfide) groups is 1. The van der Waals surface area contributed by atoms with Gasteiger partial charge >= 0.3 is 0 Å². The molecule has 0 aliphatic rings. The Balaban J connectivity index is 1.90. The first-order chi connectivity index (χ1) is 10.6. The molecule has 0 unspecified atom stereocenters. The van der Waals surface area contributed by atoms with Gasteiger partial charge in [-0.25, -0.2) is 0 Å². The van der Waals surface area contributed by atoms with E-state index in [0.29, 0.717) is 5.56 Å². The minimum atomic E-state index is -0.252. The van der Waals surface area contributed by atoms with Crippen LogP contribution in [0.4, 0.5) is 5.69 Å². The van der Waals surface area contributed by atoms with Gasteiger partial charge in [0.2, 0.25) is 5.91 Å². The van der Waals surface area contributed by atoms with Crippen molar-refractivity contribution in [3.8, 4) is 0 Å². The Morgan fingerprint density at radius 3 is 2.64 bits per heavy atom. The molecule has 22 heavy (non-hydrogen) atoms. The van der Waals surface area contributed by atoms with E-state index in [1.54, 1.807) is 23.9 Å². The summed E-state index contributed by atoms with van der Waals surface area (Å²) < 4.78 is 0.852. The number of anilines is 1. The Morgan fingerprint density at radius 1 is 1.14 bits per heavy atom. The van der Waals surface area contributed by atoms with Crippen LogP contribution in [0.2, 0.25) is 0 Å². The second kappa shape index (κ2) is 8.19. The van der Waals surface area contributed by atoms with E-state index in [0.717, 1.165) is 14.2 Å². The van der Waals surface area contributed by atoms with Crippen molar-refractivity contribution >= 4 is 51.9 Å². The highest BCUT2D eigenvalue weighted by Gasteiger charge is 2.10. The Hall–Kier alpha value is -1.54. The lowest BCUT2D eigenvalue weighted by Crippen LogP contribution is -2.33. The second-order valence-electron chi connectivity index (χ2n) is 4.44. The molecule has 0 aliphatic carbocycles. The maximum absolute atomic E-state index is 12.0. The molecule has 114 valence electrons. The fourth-order valence-corrected chi connectivity index (χ4v) is 2.90. The van der Waals surface area contributed by atoms with Crippen molar-refractivity contribution in [2.75, 3.05) is 18.1 Å². The number of carbonyl (C=O) groups is 2. The first kappa shape index (κ1) is 16.8.